The summed E-state index contributed by atoms with van der Waals surface area (Å²) >= 11 is 0. The van der Waals surface area contributed by atoms with Crippen LogP contribution in [0, 0.1) is 45.3 Å². The number of rotatable bonds is 5. The molecule has 4 nitrogen and oxygen atoms in total. The van der Waals surface area contributed by atoms with Gasteiger partial charge in [0.25, 0.3) is 0 Å². The highest BCUT2D eigenvalue weighted by molar-refractivity contribution is 5.85. The van der Waals surface area contributed by atoms with Gasteiger partial charge in [-0.05, 0) is 86.9 Å². The van der Waals surface area contributed by atoms with Gasteiger partial charge in [-0.15, -0.1) is 0 Å². The SMILES string of the molecule is CC(C)=CCC[C@@H](C(=O)O)[C@@H]1[C@@H](O)C[C@]2(C)C3=CC[C@H]4C(C)(C)C(=O)CC[C@]4(C)[C@H]3CC[C@@]12C. The van der Waals surface area contributed by atoms with Crippen LogP contribution in [-0.2, 0) is 9.59 Å². The smallest absolute Gasteiger partial charge is 0.306 e. The Morgan fingerprint density at radius 2 is 1.85 bits per heavy atom. The lowest BCUT2D eigenvalue weighted by atomic mass is 9.41. The molecular weight excluding hydrogens is 424 g/mol. The van der Waals surface area contributed by atoms with Crippen molar-refractivity contribution in [3.8, 4) is 0 Å². The van der Waals surface area contributed by atoms with Crippen LogP contribution in [0.5, 0.6) is 0 Å². The van der Waals surface area contributed by atoms with Gasteiger partial charge in [0.1, 0.15) is 5.78 Å². The molecule has 4 heteroatoms. The number of carbonyl (C=O) groups is 2. The van der Waals surface area contributed by atoms with E-state index in [9.17, 15) is 19.8 Å². The summed E-state index contributed by atoms with van der Waals surface area (Å²) in [4.78, 5) is 25.3. The lowest BCUT2D eigenvalue weighted by molar-refractivity contribution is -0.151. The van der Waals surface area contributed by atoms with Gasteiger partial charge in [0.05, 0.1) is 12.0 Å². The van der Waals surface area contributed by atoms with Crippen LogP contribution in [0.25, 0.3) is 0 Å². The number of Topliss-reactive ketones (excluding diaryl/α,β-unsaturated/α-hetero) is 1. The number of allylic oxidation sites excluding steroid dienone is 4. The molecular formula is C30H46O4. The molecule has 0 aromatic rings. The van der Waals surface area contributed by atoms with E-state index in [0.717, 1.165) is 32.1 Å². The maximum Gasteiger partial charge on any atom is 0.306 e. The average molecular weight is 471 g/mol. The molecule has 4 aliphatic rings. The molecule has 3 saturated carbocycles. The van der Waals surface area contributed by atoms with Gasteiger partial charge in [-0.3, -0.25) is 9.59 Å². The molecule has 4 rings (SSSR count). The zero-order chi connectivity index (χ0) is 25.3. The number of fused-ring (bicyclic) bond motifs is 5. The number of carboxylic acids is 1. The van der Waals surface area contributed by atoms with E-state index in [0.29, 0.717) is 36.9 Å². The van der Waals surface area contributed by atoms with E-state index in [1.165, 1.54) is 11.1 Å². The summed E-state index contributed by atoms with van der Waals surface area (Å²) in [5.41, 5.74) is 2.01. The quantitative estimate of drug-likeness (QED) is 0.445. The standard InChI is InChI=1S/C30H46O4/c1-18(2)9-8-10-19(26(33)34)25-22(31)17-30(7)21-11-12-23-27(3,4)24(32)14-15-28(23,5)20(21)13-16-29(25,30)6/h9,11,19-20,22-23,25,31H,8,10,12-17H2,1-7H3,(H,33,34)/t19-,20+,22+,23+,25-,28-,29+,30-/m1/s1. The van der Waals surface area contributed by atoms with E-state index in [4.69, 9.17) is 0 Å². The second-order valence-corrected chi connectivity index (χ2v) is 13.5. The third-order valence-electron chi connectivity index (χ3n) is 11.4. The van der Waals surface area contributed by atoms with Crippen LogP contribution in [0.4, 0.5) is 0 Å². The van der Waals surface area contributed by atoms with Crippen molar-refractivity contribution in [2.75, 3.05) is 0 Å². The van der Waals surface area contributed by atoms with Crippen LogP contribution in [-0.4, -0.2) is 28.1 Å². The van der Waals surface area contributed by atoms with E-state index < -0.39 is 18.0 Å². The molecule has 4 aliphatic carbocycles. The molecule has 0 aromatic carbocycles. The maximum atomic E-state index is 12.8. The van der Waals surface area contributed by atoms with Crippen LogP contribution in [0.15, 0.2) is 23.3 Å². The van der Waals surface area contributed by atoms with Crippen molar-refractivity contribution >= 4 is 11.8 Å². The molecule has 0 aliphatic heterocycles. The van der Waals surface area contributed by atoms with Crippen molar-refractivity contribution in [1.82, 2.24) is 0 Å². The largest absolute Gasteiger partial charge is 0.481 e. The van der Waals surface area contributed by atoms with Crippen molar-refractivity contribution in [2.24, 2.45) is 45.3 Å². The van der Waals surface area contributed by atoms with Crippen molar-refractivity contribution in [1.29, 1.82) is 0 Å². The van der Waals surface area contributed by atoms with Gasteiger partial charge in [-0.1, -0.05) is 57.9 Å². The van der Waals surface area contributed by atoms with Crippen molar-refractivity contribution in [3.63, 3.8) is 0 Å². The number of ketones is 1. The zero-order valence-corrected chi connectivity index (χ0v) is 22.4. The van der Waals surface area contributed by atoms with E-state index in [2.05, 4.69) is 46.8 Å². The first-order valence-electron chi connectivity index (χ1n) is 13.5. The number of aliphatic carboxylic acids is 1. The number of aliphatic hydroxyl groups is 1. The van der Waals surface area contributed by atoms with E-state index >= 15 is 0 Å². The average Bonchev–Trinajstić information content (AvgIpc) is 2.94. The highest BCUT2D eigenvalue weighted by atomic mass is 16.4. The summed E-state index contributed by atoms with van der Waals surface area (Å²) in [5, 5.41) is 21.7. The van der Waals surface area contributed by atoms with Crippen LogP contribution >= 0.6 is 0 Å². The predicted molar refractivity (Wildman–Crippen MR) is 135 cm³/mol. The van der Waals surface area contributed by atoms with E-state index in [1.54, 1.807) is 0 Å². The lowest BCUT2D eigenvalue weighted by Gasteiger charge is -2.63. The minimum atomic E-state index is -0.768. The van der Waals surface area contributed by atoms with Crippen molar-refractivity contribution < 1.29 is 19.8 Å². The highest BCUT2D eigenvalue weighted by Crippen LogP contribution is 2.73. The summed E-state index contributed by atoms with van der Waals surface area (Å²) in [6.45, 7) is 15.4. The number of carboxylic acid groups (broad SMARTS) is 1. The minimum absolute atomic E-state index is 0.0878. The molecule has 8 atom stereocenters. The van der Waals surface area contributed by atoms with Crippen LogP contribution in [0.3, 0.4) is 0 Å². The van der Waals surface area contributed by atoms with Gasteiger partial charge < -0.3 is 10.2 Å². The molecule has 0 spiro atoms. The normalized spacial score (nSPS) is 43.8. The molecule has 0 heterocycles. The fourth-order valence-electron chi connectivity index (χ4n) is 9.34. The number of carbonyl (C=O) groups excluding carboxylic acids is 1. The Balaban J connectivity index is 1.71. The Morgan fingerprint density at radius 1 is 1.18 bits per heavy atom. The Morgan fingerprint density at radius 3 is 2.47 bits per heavy atom. The number of aliphatic hydroxyl groups excluding tert-OH is 1. The summed E-state index contributed by atoms with van der Waals surface area (Å²) in [7, 11) is 0. The molecule has 190 valence electrons. The first kappa shape index (κ1) is 25.7. The topological polar surface area (TPSA) is 74.6 Å². The van der Waals surface area contributed by atoms with Gasteiger partial charge >= 0.3 is 5.97 Å². The predicted octanol–water partition coefficient (Wildman–Crippen LogP) is 6.58. The number of hydrogen-bond acceptors (Lipinski definition) is 3. The molecule has 0 bridgehead atoms. The van der Waals surface area contributed by atoms with Crippen LogP contribution in [0.1, 0.15) is 99.8 Å². The fourth-order valence-corrected chi connectivity index (χ4v) is 9.34. The summed E-state index contributed by atoms with van der Waals surface area (Å²) in [6, 6.07) is 0. The van der Waals surface area contributed by atoms with Crippen molar-refractivity contribution in [2.45, 2.75) is 106 Å². The molecule has 34 heavy (non-hydrogen) atoms. The second-order valence-electron chi connectivity index (χ2n) is 13.5. The summed E-state index contributed by atoms with van der Waals surface area (Å²) in [5.74, 6) is -0.380. The Kier molecular flexibility index (Phi) is 6.28. The van der Waals surface area contributed by atoms with E-state index in [-0.39, 0.29) is 27.6 Å². The van der Waals surface area contributed by atoms with Crippen LogP contribution < -0.4 is 0 Å². The molecule has 0 saturated heterocycles. The third-order valence-corrected chi connectivity index (χ3v) is 11.4. The lowest BCUT2D eigenvalue weighted by Crippen LogP contribution is -2.57. The zero-order valence-electron chi connectivity index (χ0n) is 22.4. The molecule has 0 unspecified atom stereocenters. The number of hydrogen-bond donors (Lipinski definition) is 2. The minimum Gasteiger partial charge on any atom is -0.481 e. The molecule has 0 amide bonds. The van der Waals surface area contributed by atoms with Crippen LogP contribution in [0.2, 0.25) is 0 Å². The summed E-state index contributed by atoms with van der Waals surface area (Å²) < 4.78 is 0. The fraction of sp³-hybridized carbons (Fsp3) is 0.800. The van der Waals surface area contributed by atoms with Gasteiger partial charge in [0.2, 0.25) is 0 Å². The maximum absolute atomic E-state index is 12.8. The monoisotopic (exact) mass is 470 g/mol. The first-order chi connectivity index (χ1) is 15.7. The molecule has 2 N–H and O–H groups in total. The Labute approximate surface area is 206 Å². The van der Waals surface area contributed by atoms with E-state index in [1.807, 2.05) is 13.8 Å². The molecule has 0 radical (unpaired) electrons. The van der Waals surface area contributed by atoms with Crippen molar-refractivity contribution in [3.05, 3.63) is 23.3 Å². The second kappa shape index (κ2) is 8.32. The Bertz CT molecular complexity index is 924. The molecule has 3 fully saturated rings. The van der Waals surface area contributed by atoms with Gasteiger partial charge in [-0.25, -0.2) is 0 Å². The third kappa shape index (κ3) is 3.49. The Hall–Kier alpha value is -1.42. The van der Waals surface area contributed by atoms with Gasteiger partial charge in [0, 0.05) is 17.8 Å². The first-order valence-corrected chi connectivity index (χ1v) is 13.5. The molecule has 0 aromatic heterocycles. The van der Waals surface area contributed by atoms with Gasteiger partial charge in [0.15, 0.2) is 0 Å². The highest BCUT2D eigenvalue weighted by Gasteiger charge is 2.68. The summed E-state index contributed by atoms with van der Waals surface area (Å²) in [6.07, 6.45) is 10.4. The van der Waals surface area contributed by atoms with Gasteiger partial charge in [-0.2, -0.15) is 0 Å².